The number of anilines is 1. The molecule has 7 nitrogen and oxygen atoms in total. The third-order valence-corrected chi connectivity index (χ3v) is 5.84. The molecular formula is C25H25FN4O3. The van der Waals surface area contributed by atoms with Crippen LogP contribution in [-0.4, -0.2) is 39.6 Å². The number of aryl methyl sites for hydroxylation is 2. The average Bonchev–Trinajstić information content (AvgIpc) is 3.22. The van der Waals surface area contributed by atoms with E-state index in [4.69, 9.17) is 0 Å². The lowest BCUT2D eigenvalue weighted by atomic mass is 10.0. The highest BCUT2D eigenvalue weighted by atomic mass is 19.1. The minimum atomic E-state index is -0.545. The molecule has 33 heavy (non-hydrogen) atoms. The number of benzene rings is 2. The molecule has 2 amide bonds. The van der Waals surface area contributed by atoms with Crippen LogP contribution < -0.4 is 10.5 Å². The molecule has 1 aliphatic heterocycles. The van der Waals surface area contributed by atoms with Crippen LogP contribution in [0.2, 0.25) is 0 Å². The fourth-order valence-electron chi connectivity index (χ4n) is 4.12. The van der Waals surface area contributed by atoms with Crippen molar-refractivity contribution in [1.29, 1.82) is 0 Å². The summed E-state index contributed by atoms with van der Waals surface area (Å²) < 4.78 is 14.6. The van der Waals surface area contributed by atoms with Crippen LogP contribution in [0.5, 0.6) is 0 Å². The maximum absolute atomic E-state index is 13.7. The third-order valence-electron chi connectivity index (χ3n) is 5.84. The summed E-state index contributed by atoms with van der Waals surface area (Å²) in [6, 6.07) is 12.5. The molecular weight excluding hydrogens is 423 g/mol. The second-order valence-corrected chi connectivity index (χ2v) is 7.91. The maximum atomic E-state index is 13.7. The average molecular weight is 448 g/mol. The Morgan fingerprint density at radius 3 is 2.00 bits per heavy atom. The van der Waals surface area contributed by atoms with E-state index in [9.17, 15) is 18.8 Å². The second-order valence-electron chi connectivity index (χ2n) is 7.91. The molecule has 0 radical (unpaired) electrons. The Balaban J connectivity index is 1.92. The molecule has 0 unspecified atom stereocenters. The zero-order chi connectivity index (χ0) is 23.9. The van der Waals surface area contributed by atoms with Crippen LogP contribution in [-0.2, 0) is 9.59 Å². The van der Waals surface area contributed by atoms with Gasteiger partial charge in [0.1, 0.15) is 11.5 Å². The van der Waals surface area contributed by atoms with Crippen molar-refractivity contribution in [3.63, 3.8) is 0 Å². The molecule has 0 aliphatic carbocycles. The van der Waals surface area contributed by atoms with Gasteiger partial charge >= 0.3 is 0 Å². The molecule has 1 aromatic heterocycles. The zero-order valence-corrected chi connectivity index (χ0v) is 19.0. The van der Waals surface area contributed by atoms with E-state index < -0.39 is 23.2 Å². The molecule has 2 heterocycles. The largest absolute Gasteiger partial charge is 0.367 e. The van der Waals surface area contributed by atoms with Crippen molar-refractivity contribution in [1.82, 2.24) is 14.7 Å². The van der Waals surface area contributed by atoms with Gasteiger partial charge in [0.15, 0.2) is 0 Å². The fourth-order valence-corrected chi connectivity index (χ4v) is 4.12. The van der Waals surface area contributed by atoms with Crippen molar-refractivity contribution >= 4 is 23.1 Å². The summed E-state index contributed by atoms with van der Waals surface area (Å²) >= 11 is 0. The Bertz CT molecular complexity index is 1310. The topological polar surface area (TPSA) is 78.4 Å². The quantitative estimate of drug-likeness (QED) is 0.585. The Morgan fingerprint density at radius 2 is 1.42 bits per heavy atom. The summed E-state index contributed by atoms with van der Waals surface area (Å²) in [7, 11) is 0. The lowest BCUT2D eigenvalue weighted by Gasteiger charge is -2.22. The molecule has 8 heteroatoms. The van der Waals surface area contributed by atoms with Crippen molar-refractivity contribution in [2.45, 2.75) is 27.7 Å². The molecule has 0 saturated heterocycles. The van der Waals surface area contributed by atoms with Gasteiger partial charge in [0.25, 0.3) is 17.4 Å². The number of carbonyl (C=O) groups is 2. The van der Waals surface area contributed by atoms with Gasteiger partial charge in [-0.15, -0.1) is 0 Å². The Hall–Kier alpha value is -3.94. The van der Waals surface area contributed by atoms with Gasteiger partial charge in [0, 0.05) is 18.8 Å². The number of hydrogen-bond donors (Lipinski definition) is 1. The molecule has 0 spiro atoms. The van der Waals surface area contributed by atoms with Crippen LogP contribution in [0.1, 0.15) is 30.7 Å². The molecule has 0 bridgehead atoms. The molecule has 2 aromatic carbocycles. The van der Waals surface area contributed by atoms with Crippen molar-refractivity contribution < 1.29 is 14.0 Å². The summed E-state index contributed by atoms with van der Waals surface area (Å²) in [4.78, 5) is 43.5. The maximum Gasteiger partial charge on any atom is 0.282 e. The van der Waals surface area contributed by atoms with Gasteiger partial charge in [-0.2, -0.15) is 0 Å². The van der Waals surface area contributed by atoms with Gasteiger partial charge in [-0.3, -0.25) is 19.5 Å². The number of H-pyrrole nitrogens is 1. The highest BCUT2D eigenvalue weighted by Crippen LogP contribution is 2.34. The summed E-state index contributed by atoms with van der Waals surface area (Å²) in [5.74, 6) is -1.43. The van der Waals surface area contributed by atoms with E-state index in [0.717, 1.165) is 10.5 Å². The predicted molar refractivity (Wildman–Crippen MR) is 125 cm³/mol. The minimum absolute atomic E-state index is 0.0730. The number of aromatic nitrogens is 2. The van der Waals surface area contributed by atoms with Crippen LogP contribution in [0, 0.1) is 19.7 Å². The number of aromatic amines is 1. The molecule has 170 valence electrons. The number of rotatable bonds is 6. The van der Waals surface area contributed by atoms with E-state index in [1.54, 1.807) is 24.0 Å². The standard InChI is InChI=1S/C25H25FN4O3/c1-5-28(6-2)22-21(23(31)29(25(22)33)18-11-7-15(3)8-12-18)20-16(4)27-30(24(20)32)19-13-9-17(26)10-14-19/h7-14,27H,5-6H2,1-4H3. The lowest BCUT2D eigenvalue weighted by Crippen LogP contribution is -2.35. The van der Waals surface area contributed by atoms with Crippen LogP contribution >= 0.6 is 0 Å². The van der Waals surface area contributed by atoms with E-state index >= 15 is 0 Å². The first-order chi connectivity index (χ1) is 15.8. The SMILES string of the molecule is CCN(CC)C1=C(c2c(C)[nH]n(-c3ccc(F)cc3)c2=O)C(=O)N(c2ccc(C)cc2)C1=O. The van der Waals surface area contributed by atoms with Crippen LogP contribution in [0.4, 0.5) is 10.1 Å². The Kier molecular flexibility index (Phi) is 5.76. The fraction of sp³-hybridized carbons (Fsp3) is 0.240. The van der Waals surface area contributed by atoms with Gasteiger partial charge in [0.05, 0.1) is 22.5 Å². The number of hydrogen-bond acceptors (Lipinski definition) is 4. The highest BCUT2D eigenvalue weighted by Gasteiger charge is 2.44. The molecule has 0 atom stereocenters. The number of likely N-dealkylation sites (N-methyl/N-ethyl adjacent to an activating group) is 1. The molecule has 1 aliphatic rings. The van der Waals surface area contributed by atoms with E-state index in [-0.39, 0.29) is 16.8 Å². The van der Waals surface area contributed by atoms with Crippen molar-refractivity contribution in [3.05, 3.63) is 87.2 Å². The monoisotopic (exact) mass is 448 g/mol. The lowest BCUT2D eigenvalue weighted by molar-refractivity contribution is -0.120. The number of amides is 2. The van der Waals surface area contributed by atoms with Crippen molar-refractivity contribution in [2.75, 3.05) is 18.0 Å². The van der Waals surface area contributed by atoms with Crippen molar-refractivity contribution in [2.24, 2.45) is 0 Å². The highest BCUT2D eigenvalue weighted by molar-refractivity contribution is 6.45. The minimum Gasteiger partial charge on any atom is -0.367 e. The summed E-state index contributed by atoms with van der Waals surface area (Å²) in [5.41, 5.74) is 2.24. The van der Waals surface area contributed by atoms with Crippen LogP contribution in [0.3, 0.4) is 0 Å². The number of carbonyl (C=O) groups excluding carboxylic acids is 2. The van der Waals surface area contributed by atoms with Gasteiger partial charge in [-0.25, -0.2) is 14.0 Å². The van der Waals surface area contributed by atoms with Crippen LogP contribution in [0.25, 0.3) is 11.3 Å². The van der Waals surface area contributed by atoms with Gasteiger partial charge in [-0.05, 0) is 64.1 Å². The first-order valence-corrected chi connectivity index (χ1v) is 10.8. The summed E-state index contributed by atoms with van der Waals surface area (Å²) in [5, 5.41) is 2.97. The third kappa shape index (κ3) is 3.67. The number of halogens is 1. The number of nitrogens with zero attached hydrogens (tertiary/aromatic N) is 3. The number of nitrogens with one attached hydrogen (secondary N) is 1. The van der Waals surface area contributed by atoms with Gasteiger partial charge in [0.2, 0.25) is 0 Å². The smallest absolute Gasteiger partial charge is 0.282 e. The first kappa shape index (κ1) is 22.3. The molecule has 1 N–H and O–H groups in total. The first-order valence-electron chi connectivity index (χ1n) is 10.8. The number of imide groups is 1. The zero-order valence-electron chi connectivity index (χ0n) is 19.0. The van der Waals surface area contributed by atoms with E-state index in [1.165, 1.54) is 28.9 Å². The van der Waals surface area contributed by atoms with E-state index in [1.807, 2.05) is 32.9 Å². The second kappa shape index (κ2) is 8.54. The van der Waals surface area contributed by atoms with Crippen molar-refractivity contribution in [3.8, 4) is 5.69 Å². The Labute approximate surface area is 190 Å². The van der Waals surface area contributed by atoms with E-state index in [0.29, 0.717) is 30.2 Å². The molecule has 3 aromatic rings. The molecule has 0 saturated carbocycles. The molecule has 4 rings (SSSR count). The Morgan fingerprint density at radius 1 is 0.848 bits per heavy atom. The summed E-state index contributed by atoms with van der Waals surface area (Å²) in [6.07, 6.45) is 0. The normalized spacial score (nSPS) is 13.9. The summed E-state index contributed by atoms with van der Waals surface area (Å²) in [6.45, 7) is 8.36. The van der Waals surface area contributed by atoms with Gasteiger partial charge < -0.3 is 4.90 Å². The molecule has 0 fully saturated rings. The predicted octanol–water partition coefficient (Wildman–Crippen LogP) is 3.55. The van der Waals surface area contributed by atoms with Gasteiger partial charge in [-0.1, -0.05) is 17.7 Å². The van der Waals surface area contributed by atoms with Crippen LogP contribution in [0.15, 0.2) is 59.0 Å². The van der Waals surface area contributed by atoms with E-state index in [2.05, 4.69) is 5.10 Å².